The van der Waals surface area contributed by atoms with Crippen LogP contribution in [-0.4, -0.2) is 48.3 Å². The number of nitrogens with one attached hydrogen (secondary N) is 2. The lowest BCUT2D eigenvalue weighted by Gasteiger charge is -2.30. The van der Waals surface area contributed by atoms with Gasteiger partial charge in [-0.05, 0) is 42.8 Å². The standard InChI is InChI=1S/C19H23F2N3O4S/c1-13-3-5-17(28-19(20)21)15(11-13)23-29(25,26)14-4-6-18(27-2)16(12-14)24-9-7-22-8-10-24/h3-6,11-12,19,22-23H,7-10H2,1-2H3. The minimum atomic E-state index is -4.05. The topological polar surface area (TPSA) is 79.9 Å². The summed E-state index contributed by atoms with van der Waals surface area (Å²) in [6.45, 7) is 1.61. The van der Waals surface area contributed by atoms with Gasteiger partial charge in [0.05, 0.1) is 23.4 Å². The van der Waals surface area contributed by atoms with Gasteiger partial charge < -0.3 is 19.7 Å². The molecule has 1 saturated heterocycles. The normalized spacial score (nSPS) is 14.7. The van der Waals surface area contributed by atoms with Gasteiger partial charge in [0.1, 0.15) is 11.5 Å². The number of hydrogen-bond acceptors (Lipinski definition) is 6. The Balaban J connectivity index is 1.95. The summed E-state index contributed by atoms with van der Waals surface area (Å²) in [6.07, 6.45) is 0. The number of methoxy groups -OCH3 is 1. The molecule has 0 saturated carbocycles. The average molecular weight is 427 g/mol. The highest BCUT2D eigenvalue weighted by Gasteiger charge is 2.22. The van der Waals surface area contributed by atoms with Gasteiger partial charge in [0.25, 0.3) is 10.0 Å². The van der Waals surface area contributed by atoms with E-state index < -0.39 is 16.6 Å². The monoisotopic (exact) mass is 427 g/mol. The van der Waals surface area contributed by atoms with Crippen LogP contribution >= 0.6 is 0 Å². The average Bonchev–Trinajstić information content (AvgIpc) is 2.69. The van der Waals surface area contributed by atoms with Crippen LogP contribution in [0, 0.1) is 6.92 Å². The third kappa shape index (κ3) is 5.07. The van der Waals surface area contributed by atoms with Crippen LogP contribution in [0.1, 0.15) is 5.56 Å². The molecule has 10 heteroatoms. The molecule has 158 valence electrons. The number of ether oxygens (including phenoxy) is 2. The third-order valence-electron chi connectivity index (χ3n) is 4.51. The Morgan fingerprint density at radius 3 is 2.45 bits per heavy atom. The summed E-state index contributed by atoms with van der Waals surface area (Å²) < 4.78 is 63.5. The summed E-state index contributed by atoms with van der Waals surface area (Å²) in [5.41, 5.74) is 1.30. The number of nitrogens with zero attached hydrogens (tertiary/aromatic N) is 1. The number of anilines is 2. The van der Waals surface area contributed by atoms with E-state index in [4.69, 9.17) is 4.74 Å². The van der Waals surface area contributed by atoms with Gasteiger partial charge in [-0.1, -0.05) is 6.07 Å². The van der Waals surface area contributed by atoms with E-state index in [9.17, 15) is 17.2 Å². The Morgan fingerprint density at radius 1 is 1.10 bits per heavy atom. The van der Waals surface area contributed by atoms with E-state index in [0.717, 1.165) is 13.1 Å². The van der Waals surface area contributed by atoms with E-state index in [-0.39, 0.29) is 16.3 Å². The smallest absolute Gasteiger partial charge is 0.387 e. The van der Waals surface area contributed by atoms with Gasteiger partial charge in [-0.2, -0.15) is 8.78 Å². The maximum atomic E-state index is 13.0. The summed E-state index contributed by atoms with van der Waals surface area (Å²) in [6, 6.07) is 8.83. The van der Waals surface area contributed by atoms with Crippen molar-refractivity contribution in [2.75, 3.05) is 42.9 Å². The van der Waals surface area contributed by atoms with Crippen LogP contribution in [0.5, 0.6) is 11.5 Å². The molecule has 0 bridgehead atoms. The molecule has 29 heavy (non-hydrogen) atoms. The van der Waals surface area contributed by atoms with E-state index >= 15 is 0 Å². The first kappa shape index (κ1) is 21.1. The number of hydrogen-bond donors (Lipinski definition) is 2. The molecule has 1 heterocycles. The molecule has 7 nitrogen and oxygen atoms in total. The van der Waals surface area contributed by atoms with Crippen molar-refractivity contribution in [2.24, 2.45) is 0 Å². The van der Waals surface area contributed by atoms with Gasteiger partial charge in [0.15, 0.2) is 0 Å². The summed E-state index contributed by atoms with van der Waals surface area (Å²) in [4.78, 5) is 2.03. The highest BCUT2D eigenvalue weighted by atomic mass is 32.2. The Morgan fingerprint density at radius 2 is 1.79 bits per heavy atom. The van der Waals surface area contributed by atoms with Crippen molar-refractivity contribution in [2.45, 2.75) is 18.4 Å². The van der Waals surface area contributed by atoms with Crippen LogP contribution < -0.4 is 24.4 Å². The zero-order valence-electron chi connectivity index (χ0n) is 16.1. The molecule has 0 spiro atoms. The Kier molecular flexibility index (Phi) is 6.43. The summed E-state index contributed by atoms with van der Waals surface area (Å²) in [5.74, 6) is 0.313. The molecular formula is C19H23F2N3O4S. The second-order valence-electron chi connectivity index (χ2n) is 6.55. The van der Waals surface area contributed by atoms with Crippen LogP contribution in [0.2, 0.25) is 0 Å². The Hall–Kier alpha value is -2.59. The number of piperazine rings is 1. The fourth-order valence-corrected chi connectivity index (χ4v) is 4.20. The largest absolute Gasteiger partial charge is 0.495 e. The van der Waals surface area contributed by atoms with Crippen molar-refractivity contribution in [1.29, 1.82) is 0 Å². The summed E-state index contributed by atoms with van der Waals surface area (Å²) in [5, 5.41) is 3.24. The first-order valence-corrected chi connectivity index (χ1v) is 10.5. The quantitative estimate of drug-likeness (QED) is 0.708. The number of aryl methyl sites for hydroxylation is 1. The van der Waals surface area contributed by atoms with Crippen molar-refractivity contribution in [3.8, 4) is 11.5 Å². The van der Waals surface area contributed by atoms with Gasteiger partial charge in [0.2, 0.25) is 0 Å². The third-order valence-corrected chi connectivity index (χ3v) is 5.88. The van der Waals surface area contributed by atoms with E-state index in [1.54, 1.807) is 19.1 Å². The van der Waals surface area contributed by atoms with Gasteiger partial charge in [-0.25, -0.2) is 8.42 Å². The van der Waals surface area contributed by atoms with Crippen molar-refractivity contribution >= 4 is 21.4 Å². The molecule has 0 atom stereocenters. The second kappa shape index (κ2) is 8.83. The molecule has 3 rings (SSSR count). The van der Waals surface area contributed by atoms with Crippen LogP contribution in [0.15, 0.2) is 41.3 Å². The molecule has 0 aliphatic carbocycles. The molecular weight excluding hydrogens is 404 g/mol. The predicted molar refractivity (Wildman–Crippen MR) is 107 cm³/mol. The Labute approximate surface area is 168 Å². The van der Waals surface area contributed by atoms with Crippen LogP contribution in [0.25, 0.3) is 0 Å². The van der Waals surface area contributed by atoms with Gasteiger partial charge in [0, 0.05) is 26.2 Å². The fraction of sp³-hybridized carbons (Fsp3) is 0.368. The number of halogens is 2. The zero-order chi connectivity index (χ0) is 21.0. The number of alkyl halides is 2. The highest BCUT2D eigenvalue weighted by molar-refractivity contribution is 7.92. The van der Waals surface area contributed by atoms with Crippen molar-refractivity contribution < 1.29 is 26.7 Å². The second-order valence-corrected chi connectivity index (χ2v) is 8.24. The molecule has 2 aromatic rings. The van der Waals surface area contributed by atoms with E-state index in [1.165, 1.54) is 31.4 Å². The summed E-state index contributed by atoms with van der Waals surface area (Å²) in [7, 11) is -2.53. The van der Waals surface area contributed by atoms with E-state index in [1.807, 2.05) is 4.90 Å². The van der Waals surface area contributed by atoms with Gasteiger partial charge in [-0.15, -0.1) is 0 Å². The minimum absolute atomic E-state index is 0.00339. The van der Waals surface area contributed by atoms with Crippen LogP contribution in [0.4, 0.5) is 20.2 Å². The van der Waals surface area contributed by atoms with E-state index in [2.05, 4.69) is 14.8 Å². The molecule has 0 aromatic heterocycles. The maximum absolute atomic E-state index is 13.0. The van der Waals surface area contributed by atoms with Crippen LogP contribution in [-0.2, 0) is 10.0 Å². The molecule has 0 amide bonds. The summed E-state index contributed by atoms with van der Waals surface area (Å²) >= 11 is 0. The first-order valence-electron chi connectivity index (χ1n) is 9.02. The lowest BCUT2D eigenvalue weighted by molar-refractivity contribution is -0.0493. The first-order chi connectivity index (χ1) is 13.8. The fourth-order valence-electron chi connectivity index (χ4n) is 3.12. The molecule has 0 unspecified atom stereocenters. The number of rotatable bonds is 7. The Bertz CT molecular complexity index is 964. The van der Waals surface area contributed by atoms with Crippen molar-refractivity contribution in [1.82, 2.24) is 5.32 Å². The lowest BCUT2D eigenvalue weighted by atomic mass is 10.2. The number of sulfonamides is 1. The predicted octanol–water partition coefficient (Wildman–Crippen LogP) is 2.82. The highest BCUT2D eigenvalue weighted by Crippen LogP contribution is 2.34. The zero-order valence-corrected chi connectivity index (χ0v) is 16.9. The molecule has 1 aliphatic rings. The molecule has 2 N–H and O–H groups in total. The molecule has 1 fully saturated rings. The van der Waals surface area contributed by atoms with Crippen molar-refractivity contribution in [3.05, 3.63) is 42.0 Å². The molecule has 1 aliphatic heterocycles. The van der Waals surface area contributed by atoms with E-state index in [0.29, 0.717) is 30.1 Å². The SMILES string of the molecule is COc1ccc(S(=O)(=O)Nc2cc(C)ccc2OC(F)F)cc1N1CCNCC1. The molecule has 2 aromatic carbocycles. The van der Waals surface area contributed by atoms with Gasteiger partial charge >= 0.3 is 6.61 Å². The van der Waals surface area contributed by atoms with Gasteiger partial charge in [-0.3, -0.25) is 4.72 Å². The lowest BCUT2D eigenvalue weighted by Crippen LogP contribution is -2.43. The number of benzene rings is 2. The molecule has 0 radical (unpaired) electrons. The maximum Gasteiger partial charge on any atom is 0.387 e. The van der Waals surface area contributed by atoms with Crippen molar-refractivity contribution in [3.63, 3.8) is 0 Å². The minimum Gasteiger partial charge on any atom is -0.495 e. The van der Waals surface area contributed by atoms with Crippen LogP contribution in [0.3, 0.4) is 0 Å².